The molecular formula is C14H10BrClO2. The summed E-state index contributed by atoms with van der Waals surface area (Å²) < 4.78 is 0.759. The Hall–Kier alpha value is -1.32. The van der Waals surface area contributed by atoms with E-state index < -0.39 is 0 Å². The highest BCUT2D eigenvalue weighted by Gasteiger charge is 2.12. The molecule has 2 aromatic rings. The van der Waals surface area contributed by atoms with Crippen molar-refractivity contribution in [3.63, 3.8) is 0 Å². The van der Waals surface area contributed by atoms with Gasteiger partial charge < -0.3 is 5.11 Å². The number of phenols is 1. The van der Waals surface area contributed by atoms with E-state index in [2.05, 4.69) is 15.9 Å². The molecule has 0 fully saturated rings. The zero-order valence-electron chi connectivity index (χ0n) is 9.36. The van der Waals surface area contributed by atoms with Crippen molar-refractivity contribution in [3.8, 4) is 5.75 Å². The third-order valence-corrected chi connectivity index (χ3v) is 3.24. The van der Waals surface area contributed by atoms with Gasteiger partial charge in [-0.1, -0.05) is 39.7 Å². The minimum Gasteiger partial charge on any atom is -0.507 e. The van der Waals surface area contributed by atoms with Gasteiger partial charge in [0.05, 0.1) is 5.56 Å². The molecule has 0 saturated heterocycles. The third-order valence-electron chi connectivity index (χ3n) is 2.51. The lowest BCUT2D eigenvalue weighted by Gasteiger charge is -2.05. The van der Waals surface area contributed by atoms with Gasteiger partial charge >= 0.3 is 0 Å². The van der Waals surface area contributed by atoms with E-state index in [1.807, 2.05) is 6.07 Å². The minimum atomic E-state index is -0.143. The Morgan fingerprint density at radius 1 is 1.22 bits per heavy atom. The van der Waals surface area contributed by atoms with Crippen molar-refractivity contribution in [3.05, 3.63) is 63.1 Å². The second-order valence-corrected chi connectivity index (χ2v) is 5.24. The van der Waals surface area contributed by atoms with Gasteiger partial charge in [0, 0.05) is 15.9 Å². The standard InChI is InChI=1S/C14H10BrClO2/c15-10-4-5-13(17)12(8-10)14(18)7-9-2-1-3-11(16)6-9/h1-6,8,17H,7H2. The van der Waals surface area contributed by atoms with Crippen LogP contribution in [0.1, 0.15) is 15.9 Å². The van der Waals surface area contributed by atoms with Crippen LogP contribution in [0.5, 0.6) is 5.75 Å². The average Bonchev–Trinajstić information content (AvgIpc) is 2.32. The summed E-state index contributed by atoms with van der Waals surface area (Å²) in [6.45, 7) is 0. The van der Waals surface area contributed by atoms with Gasteiger partial charge in [-0.3, -0.25) is 4.79 Å². The molecule has 1 N–H and O–H groups in total. The van der Waals surface area contributed by atoms with Gasteiger partial charge in [0.25, 0.3) is 0 Å². The van der Waals surface area contributed by atoms with E-state index in [1.54, 1.807) is 30.3 Å². The van der Waals surface area contributed by atoms with E-state index in [1.165, 1.54) is 6.07 Å². The number of Topliss-reactive ketones (excluding diaryl/α,β-unsaturated/α-hetero) is 1. The molecule has 2 aromatic carbocycles. The fraction of sp³-hybridized carbons (Fsp3) is 0.0714. The number of halogens is 2. The summed E-state index contributed by atoms with van der Waals surface area (Å²) in [5.74, 6) is -0.152. The highest BCUT2D eigenvalue weighted by molar-refractivity contribution is 9.10. The molecule has 0 saturated carbocycles. The Bertz CT molecular complexity index is 596. The van der Waals surface area contributed by atoms with Crippen LogP contribution in [-0.4, -0.2) is 10.9 Å². The predicted octanol–water partition coefficient (Wildman–Crippen LogP) is 4.23. The van der Waals surface area contributed by atoms with Crippen molar-refractivity contribution in [1.82, 2.24) is 0 Å². The van der Waals surface area contributed by atoms with Crippen LogP contribution in [0.4, 0.5) is 0 Å². The molecule has 92 valence electrons. The first kappa shape index (κ1) is 13.1. The lowest BCUT2D eigenvalue weighted by Crippen LogP contribution is -2.03. The molecular weight excluding hydrogens is 316 g/mol. The Morgan fingerprint density at radius 3 is 2.72 bits per heavy atom. The van der Waals surface area contributed by atoms with Crippen LogP contribution in [0.25, 0.3) is 0 Å². The molecule has 2 nitrogen and oxygen atoms in total. The summed E-state index contributed by atoms with van der Waals surface area (Å²) in [4.78, 5) is 12.1. The van der Waals surface area contributed by atoms with E-state index in [0.29, 0.717) is 10.6 Å². The van der Waals surface area contributed by atoms with Crippen LogP contribution in [0, 0.1) is 0 Å². The topological polar surface area (TPSA) is 37.3 Å². The minimum absolute atomic E-state index is 0.00905. The maximum absolute atomic E-state index is 12.1. The third kappa shape index (κ3) is 3.12. The number of ketones is 1. The van der Waals surface area contributed by atoms with Gasteiger partial charge in [-0.25, -0.2) is 0 Å². The van der Waals surface area contributed by atoms with Crippen LogP contribution < -0.4 is 0 Å². The maximum atomic E-state index is 12.1. The number of rotatable bonds is 3. The van der Waals surface area contributed by atoms with E-state index in [0.717, 1.165) is 10.0 Å². The summed E-state index contributed by atoms with van der Waals surface area (Å²) in [5.41, 5.74) is 1.14. The van der Waals surface area contributed by atoms with Crippen molar-refractivity contribution in [2.75, 3.05) is 0 Å². The van der Waals surface area contributed by atoms with Gasteiger partial charge in [-0.2, -0.15) is 0 Å². The maximum Gasteiger partial charge on any atom is 0.170 e. The van der Waals surface area contributed by atoms with Crippen molar-refractivity contribution >= 4 is 33.3 Å². The Balaban J connectivity index is 2.24. The summed E-state index contributed by atoms with van der Waals surface area (Å²) in [7, 11) is 0. The molecule has 4 heteroatoms. The first-order valence-corrected chi connectivity index (χ1v) is 6.49. The quantitative estimate of drug-likeness (QED) is 0.857. The number of carbonyl (C=O) groups excluding carboxylic acids is 1. The van der Waals surface area contributed by atoms with Crippen LogP contribution in [0.3, 0.4) is 0 Å². The monoisotopic (exact) mass is 324 g/mol. The molecule has 18 heavy (non-hydrogen) atoms. The van der Waals surface area contributed by atoms with Gasteiger partial charge in [0.2, 0.25) is 0 Å². The highest BCUT2D eigenvalue weighted by Crippen LogP contribution is 2.23. The normalized spacial score (nSPS) is 10.3. The summed E-state index contributed by atoms with van der Waals surface area (Å²) in [5, 5.41) is 10.3. The molecule has 0 bridgehead atoms. The van der Waals surface area contributed by atoms with E-state index in [9.17, 15) is 9.90 Å². The SMILES string of the molecule is O=C(Cc1cccc(Cl)c1)c1cc(Br)ccc1O. The molecule has 0 aliphatic rings. The summed E-state index contributed by atoms with van der Waals surface area (Å²) >= 11 is 9.14. The molecule has 0 atom stereocenters. The number of benzene rings is 2. The Kier molecular flexibility index (Phi) is 4.04. The number of phenolic OH excluding ortho intramolecular Hbond substituents is 1. The van der Waals surface area contributed by atoms with Crippen LogP contribution in [-0.2, 0) is 6.42 Å². The predicted molar refractivity (Wildman–Crippen MR) is 75.3 cm³/mol. The molecule has 0 aliphatic carbocycles. The number of hydrogen-bond acceptors (Lipinski definition) is 2. The van der Waals surface area contributed by atoms with Gasteiger partial charge in [-0.15, -0.1) is 0 Å². The molecule has 0 aliphatic heterocycles. The molecule has 0 amide bonds. The van der Waals surface area contributed by atoms with Gasteiger partial charge in [0.1, 0.15) is 5.75 Å². The van der Waals surface area contributed by atoms with Crippen molar-refractivity contribution in [2.24, 2.45) is 0 Å². The van der Waals surface area contributed by atoms with E-state index in [4.69, 9.17) is 11.6 Å². The fourth-order valence-corrected chi connectivity index (χ4v) is 2.23. The Labute approximate surface area is 118 Å². The zero-order chi connectivity index (χ0) is 13.1. The van der Waals surface area contributed by atoms with E-state index in [-0.39, 0.29) is 18.0 Å². The largest absolute Gasteiger partial charge is 0.507 e. The lowest BCUT2D eigenvalue weighted by atomic mass is 10.0. The molecule has 0 spiro atoms. The zero-order valence-corrected chi connectivity index (χ0v) is 11.7. The van der Waals surface area contributed by atoms with Crippen molar-refractivity contribution < 1.29 is 9.90 Å². The van der Waals surface area contributed by atoms with Crippen LogP contribution >= 0.6 is 27.5 Å². The van der Waals surface area contributed by atoms with Crippen LogP contribution in [0.15, 0.2) is 46.9 Å². The Morgan fingerprint density at radius 2 is 2.00 bits per heavy atom. The molecule has 2 rings (SSSR count). The summed E-state index contributed by atoms with van der Waals surface area (Å²) in [6, 6.07) is 11.9. The van der Waals surface area contributed by atoms with Crippen molar-refractivity contribution in [2.45, 2.75) is 6.42 Å². The highest BCUT2D eigenvalue weighted by atomic mass is 79.9. The molecule has 0 heterocycles. The van der Waals surface area contributed by atoms with E-state index >= 15 is 0 Å². The average molecular weight is 326 g/mol. The number of carbonyl (C=O) groups is 1. The number of aromatic hydroxyl groups is 1. The van der Waals surface area contributed by atoms with Crippen LogP contribution in [0.2, 0.25) is 5.02 Å². The summed E-state index contributed by atoms with van der Waals surface area (Å²) in [6.07, 6.45) is 0.213. The molecule has 0 unspecified atom stereocenters. The lowest BCUT2D eigenvalue weighted by molar-refractivity contribution is 0.0990. The second kappa shape index (κ2) is 5.55. The molecule has 0 radical (unpaired) electrons. The second-order valence-electron chi connectivity index (χ2n) is 3.89. The first-order chi connectivity index (χ1) is 8.56. The molecule has 0 aromatic heterocycles. The first-order valence-electron chi connectivity index (χ1n) is 5.32. The van der Waals surface area contributed by atoms with Gasteiger partial charge in [-0.05, 0) is 35.9 Å². The van der Waals surface area contributed by atoms with Crippen molar-refractivity contribution in [1.29, 1.82) is 0 Å². The smallest absolute Gasteiger partial charge is 0.170 e. The number of hydrogen-bond donors (Lipinski definition) is 1. The van der Waals surface area contributed by atoms with Gasteiger partial charge in [0.15, 0.2) is 5.78 Å². The fourth-order valence-electron chi connectivity index (χ4n) is 1.66.